The number of pyridine rings is 1. The first-order chi connectivity index (χ1) is 13.3. The molecule has 0 bridgehead atoms. The summed E-state index contributed by atoms with van der Waals surface area (Å²) in [6.07, 6.45) is 7.36. The molecule has 1 aromatic heterocycles. The van der Waals surface area contributed by atoms with Crippen molar-refractivity contribution in [2.75, 3.05) is 38.1 Å². The molecule has 2 aliphatic heterocycles. The Kier molecular flexibility index (Phi) is 6.05. The molecule has 2 fully saturated rings. The number of rotatable bonds is 6. The quantitative estimate of drug-likeness (QED) is 0.778. The Hall–Kier alpha value is -1.91. The summed E-state index contributed by atoms with van der Waals surface area (Å²) in [6.45, 7) is 6.81. The number of anilines is 1. The fraction of sp³-hybridized carbons (Fsp3) is 0.522. The van der Waals surface area contributed by atoms with Crippen LogP contribution in [0.1, 0.15) is 36.9 Å². The van der Waals surface area contributed by atoms with Crippen LogP contribution in [0.5, 0.6) is 0 Å². The molecule has 2 saturated heterocycles. The first kappa shape index (κ1) is 18.5. The minimum Gasteiger partial charge on any atom is -0.371 e. The summed E-state index contributed by atoms with van der Waals surface area (Å²) in [7, 11) is 2.17. The van der Waals surface area contributed by atoms with E-state index in [0.29, 0.717) is 0 Å². The number of likely N-dealkylation sites (tertiary alicyclic amines) is 1. The van der Waals surface area contributed by atoms with Crippen molar-refractivity contribution >= 4 is 5.69 Å². The lowest BCUT2D eigenvalue weighted by Gasteiger charge is -2.37. The van der Waals surface area contributed by atoms with Gasteiger partial charge in [0.05, 0.1) is 5.69 Å². The summed E-state index contributed by atoms with van der Waals surface area (Å²) in [5.41, 5.74) is 3.85. The second-order valence-corrected chi connectivity index (χ2v) is 8.12. The molecule has 0 amide bonds. The summed E-state index contributed by atoms with van der Waals surface area (Å²) in [4.78, 5) is 12.2. The largest absolute Gasteiger partial charge is 0.371 e. The van der Waals surface area contributed by atoms with Gasteiger partial charge in [0.1, 0.15) is 0 Å². The fourth-order valence-electron chi connectivity index (χ4n) is 4.57. The normalized spacial score (nSPS) is 19.1. The van der Waals surface area contributed by atoms with Gasteiger partial charge in [0.25, 0.3) is 0 Å². The molecule has 4 rings (SSSR count). The van der Waals surface area contributed by atoms with Crippen molar-refractivity contribution in [1.82, 2.24) is 14.8 Å². The molecule has 0 unspecified atom stereocenters. The Labute approximate surface area is 163 Å². The van der Waals surface area contributed by atoms with Gasteiger partial charge in [-0.05, 0) is 63.5 Å². The molecule has 4 heteroatoms. The van der Waals surface area contributed by atoms with Crippen LogP contribution in [0, 0.1) is 0 Å². The maximum absolute atomic E-state index is 4.62. The average molecular weight is 365 g/mol. The minimum atomic E-state index is 0.807. The zero-order chi connectivity index (χ0) is 18.5. The van der Waals surface area contributed by atoms with Crippen LogP contribution in [0.4, 0.5) is 5.69 Å². The van der Waals surface area contributed by atoms with Gasteiger partial charge in [0.2, 0.25) is 0 Å². The lowest BCUT2D eigenvalue weighted by atomic mass is 10.0. The van der Waals surface area contributed by atoms with Crippen molar-refractivity contribution in [3.63, 3.8) is 0 Å². The van der Waals surface area contributed by atoms with Gasteiger partial charge in [-0.1, -0.05) is 30.3 Å². The Bertz CT molecular complexity index is 703. The Balaban J connectivity index is 1.32. The third kappa shape index (κ3) is 4.88. The number of benzene rings is 1. The molecule has 2 aromatic rings. The van der Waals surface area contributed by atoms with Gasteiger partial charge in [-0.2, -0.15) is 0 Å². The smallest absolute Gasteiger partial charge is 0.0564 e. The van der Waals surface area contributed by atoms with E-state index >= 15 is 0 Å². The van der Waals surface area contributed by atoms with E-state index in [-0.39, 0.29) is 0 Å². The van der Waals surface area contributed by atoms with Gasteiger partial charge in [-0.25, -0.2) is 0 Å². The molecule has 0 spiro atoms. The highest BCUT2D eigenvalue weighted by atomic mass is 15.2. The number of piperidine rings is 1. The lowest BCUT2D eigenvalue weighted by molar-refractivity contribution is 0.208. The standard InChI is InChI=1S/C23H32N4/c1-25(18-20-7-3-2-4-8-20)19-21-17-23(9-12-24-21)27-15-10-22(11-16-27)26-13-5-6-14-26/h2-4,7-9,12,17,22H,5-6,10-11,13-16,18-19H2,1H3. The van der Waals surface area contributed by atoms with Crippen molar-refractivity contribution in [1.29, 1.82) is 0 Å². The first-order valence-corrected chi connectivity index (χ1v) is 10.4. The molecule has 0 aliphatic carbocycles. The summed E-state index contributed by atoms with van der Waals surface area (Å²) in [5, 5.41) is 0. The van der Waals surface area contributed by atoms with Crippen LogP contribution >= 0.6 is 0 Å². The molecule has 3 heterocycles. The van der Waals surface area contributed by atoms with Crippen LogP contribution in [-0.2, 0) is 13.1 Å². The predicted octanol–water partition coefficient (Wildman–Crippen LogP) is 3.78. The SMILES string of the molecule is CN(Cc1ccccc1)Cc1cc(N2CCC(N3CCCC3)CC2)ccn1. The van der Waals surface area contributed by atoms with Crippen LogP contribution < -0.4 is 4.90 Å². The van der Waals surface area contributed by atoms with Crippen LogP contribution in [0.15, 0.2) is 48.7 Å². The summed E-state index contributed by atoms with van der Waals surface area (Å²) >= 11 is 0. The number of hydrogen-bond acceptors (Lipinski definition) is 4. The van der Waals surface area contributed by atoms with Crippen LogP contribution in [0.25, 0.3) is 0 Å². The molecular formula is C23H32N4. The zero-order valence-electron chi connectivity index (χ0n) is 16.6. The highest BCUT2D eigenvalue weighted by Gasteiger charge is 2.26. The zero-order valence-corrected chi connectivity index (χ0v) is 16.6. The molecule has 4 nitrogen and oxygen atoms in total. The topological polar surface area (TPSA) is 22.6 Å². The first-order valence-electron chi connectivity index (χ1n) is 10.4. The van der Waals surface area contributed by atoms with Gasteiger partial charge < -0.3 is 9.80 Å². The Morgan fingerprint density at radius 1 is 0.963 bits per heavy atom. The van der Waals surface area contributed by atoms with Gasteiger partial charge in [-0.15, -0.1) is 0 Å². The van der Waals surface area contributed by atoms with Gasteiger partial charge in [0.15, 0.2) is 0 Å². The number of hydrogen-bond donors (Lipinski definition) is 0. The van der Waals surface area contributed by atoms with Crippen molar-refractivity contribution in [2.45, 2.75) is 44.8 Å². The van der Waals surface area contributed by atoms with Gasteiger partial charge in [-0.3, -0.25) is 9.88 Å². The molecule has 0 N–H and O–H groups in total. The molecule has 0 saturated carbocycles. The van der Waals surface area contributed by atoms with Crippen LogP contribution in [0.2, 0.25) is 0 Å². The molecule has 1 aromatic carbocycles. The predicted molar refractivity (Wildman–Crippen MR) is 112 cm³/mol. The minimum absolute atomic E-state index is 0.807. The Morgan fingerprint density at radius 3 is 2.44 bits per heavy atom. The number of nitrogens with zero attached hydrogens (tertiary/aromatic N) is 4. The molecular weight excluding hydrogens is 332 g/mol. The van der Waals surface area contributed by atoms with Crippen molar-refractivity contribution in [3.8, 4) is 0 Å². The summed E-state index contributed by atoms with van der Waals surface area (Å²) in [6, 6.07) is 15.9. The maximum Gasteiger partial charge on any atom is 0.0564 e. The molecule has 27 heavy (non-hydrogen) atoms. The highest BCUT2D eigenvalue weighted by molar-refractivity contribution is 5.47. The van der Waals surface area contributed by atoms with E-state index in [9.17, 15) is 0 Å². The van der Waals surface area contributed by atoms with Crippen molar-refractivity contribution < 1.29 is 0 Å². The second kappa shape index (κ2) is 8.85. The third-order valence-corrected chi connectivity index (χ3v) is 6.01. The van der Waals surface area contributed by atoms with Crippen LogP contribution in [0.3, 0.4) is 0 Å². The maximum atomic E-state index is 4.62. The van der Waals surface area contributed by atoms with Crippen molar-refractivity contribution in [2.24, 2.45) is 0 Å². The monoisotopic (exact) mass is 364 g/mol. The third-order valence-electron chi connectivity index (χ3n) is 6.01. The van der Waals surface area contributed by atoms with Crippen LogP contribution in [-0.4, -0.2) is 54.1 Å². The number of aromatic nitrogens is 1. The molecule has 0 radical (unpaired) electrons. The second-order valence-electron chi connectivity index (χ2n) is 8.12. The molecule has 144 valence electrons. The van der Waals surface area contributed by atoms with E-state index in [0.717, 1.165) is 24.8 Å². The summed E-state index contributed by atoms with van der Waals surface area (Å²) in [5.74, 6) is 0. The van der Waals surface area contributed by atoms with E-state index in [4.69, 9.17) is 0 Å². The fourth-order valence-corrected chi connectivity index (χ4v) is 4.57. The van der Waals surface area contributed by atoms with E-state index in [1.54, 1.807) is 0 Å². The average Bonchev–Trinajstić information content (AvgIpc) is 3.24. The molecule has 2 aliphatic rings. The van der Waals surface area contributed by atoms with Crippen molar-refractivity contribution in [3.05, 3.63) is 59.9 Å². The van der Waals surface area contributed by atoms with E-state index < -0.39 is 0 Å². The lowest BCUT2D eigenvalue weighted by Crippen LogP contribution is -2.43. The van der Waals surface area contributed by atoms with Gasteiger partial charge in [0, 0.05) is 44.1 Å². The molecule has 0 atom stereocenters. The highest BCUT2D eigenvalue weighted by Crippen LogP contribution is 2.25. The Morgan fingerprint density at radius 2 is 1.70 bits per heavy atom. The van der Waals surface area contributed by atoms with E-state index in [1.807, 2.05) is 6.20 Å². The van der Waals surface area contributed by atoms with E-state index in [2.05, 4.69) is 69.2 Å². The van der Waals surface area contributed by atoms with Gasteiger partial charge >= 0.3 is 0 Å². The summed E-state index contributed by atoms with van der Waals surface area (Å²) < 4.78 is 0. The van der Waals surface area contributed by atoms with E-state index in [1.165, 1.54) is 63.1 Å².